The zero-order chi connectivity index (χ0) is 20.1. The lowest BCUT2D eigenvalue weighted by molar-refractivity contribution is 0.143. The molecule has 0 unspecified atom stereocenters. The summed E-state index contributed by atoms with van der Waals surface area (Å²) < 4.78 is 5.47. The average Bonchev–Trinajstić information content (AvgIpc) is 3.06. The molecule has 0 saturated carbocycles. The Morgan fingerprint density at radius 2 is 1.72 bits per heavy atom. The minimum Gasteiger partial charge on any atom is -0.449 e. The third-order valence-electron chi connectivity index (χ3n) is 4.86. The van der Waals surface area contributed by atoms with Gasteiger partial charge in [-0.2, -0.15) is 0 Å². The fraction of sp³-hybridized carbons (Fsp3) is 0.167. The van der Waals surface area contributed by atoms with Crippen molar-refractivity contribution in [3.05, 3.63) is 93.9 Å². The number of carbonyl (C=O) groups is 1. The Bertz CT molecular complexity index is 1110. The van der Waals surface area contributed by atoms with Crippen LogP contribution >= 0.6 is 0 Å². The van der Waals surface area contributed by atoms with E-state index in [0.717, 1.165) is 0 Å². The molecule has 1 aromatic heterocycles. The van der Waals surface area contributed by atoms with Gasteiger partial charge in [0.25, 0.3) is 0 Å². The van der Waals surface area contributed by atoms with Crippen LogP contribution in [-0.2, 0) is 4.74 Å². The lowest BCUT2D eigenvalue weighted by atomic mass is 9.98. The molecular formula is C24H20N2O3. The zero-order valence-electron chi connectivity index (χ0n) is 15.8. The Labute approximate surface area is 168 Å². The number of benzene rings is 2. The summed E-state index contributed by atoms with van der Waals surface area (Å²) in [4.78, 5) is 26.2. The smallest absolute Gasteiger partial charge is 0.407 e. The largest absolute Gasteiger partial charge is 0.449 e. The van der Waals surface area contributed by atoms with E-state index in [1.165, 1.54) is 34.4 Å². The molecular weight excluding hydrogens is 364 g/mol. The second kappa shape index (κ2) is 8.49. The van der Waals surface area contributed by atoms with Crippen molar-refractivity contribution in [2.45, 2.75) is 12.3 Å². The highest BCUT2D eigenvalue weighted by Gasteiger charge is 2.28. The number of H-pyrrole nitrogens is 1. The molecule has 1 aliphatic carbocycles. The molecule has 0 fully saturated rings. The van der Waals surface area contributed by atoms with Gasteiger partial charge in [0.2, 0.25) is 0 Å². The van der Waals surface area contributed by atoms with Gasteiger partial charge in [-0.1, -0.05) is 54.5 Å². The van der Waals surface area contributed by atoms with E-state index in [0.29, 0.717) is 18.7 Å². The number of hydrogen-bond acceptors (Lipinski definition) is 3. The Hall–Kier alpha value is -3.78. The number of hydrogen-bond donors (Lipinski definition) is 2. The van der Waals surface area contributed by atoms with E-state index in [2.05, 4.69) is 46.4 Å². The highest BCUT2D eigenvalue weighted by molar-refractivity contribution is 5.79. The number of ether oxygens (including phenoxy) is 1. The fourth-order valence-electron chi connectivity index (χ4n) is 3.55. The SMILES string of the molecule is O=C(NCCC#Cc1cc(=O)cc[nH]1)OCC1c2ccccc2-c2ccccc21. The molecule has 144 valence electrons. The molecule has 2 aromatic carbocycles. The normalized spacial score (nSPS) is 11.7. The number of nitrogens with one attached hydrogen (secondary N) is 2. The minimum atomic E-state index is -0.457. The highest BCUT2D eigenvalue weighted by atomic mass is 16.5. The molecule has 4 rings (SSSR count). The molecule has 3 aromatic rings. The van der Waals surface area contributed by atoms with Crippen molar-refractivity contribution in [3.63, 3.8) is 0 Å². The molecule has 1 heterocycles. The molecule has 0 spiro atoms. The Morgan fingerprint density at radius 1 is 1.03 bits per heavy atom. The number of aromatic nitrogens is 1. The minimum absolute atomic E-state index is 0.0443. The Balaban J connectivity index is 1.30. The van der Waals surface area contributed by atoms with Gasteiger partial charge in [0.1, 0.15) is 6.61 Å². The van der Waals surface area contributed by atoms with Gasteiger partial charge in [0.15, 0.2) is 5.43 Å². The number of alkyl carbamates (subject to hydrolysis) is 1. The third kappa shape index (κ3) is 4.22. The third-order valence-corrected chi connectivity index (χ3v) is 4.86. The predicted octanol–water partition coefficient (Wildman–Crippen LogP) is 3.66. The van der Waals surface area contributed by atoms with Crippen molar-refractivity contribution in [3.8, 4) is 23.0 Å². The van der Waals surface area contributed by atoms with E-state index in [4.69, 9.17) is 4.74 Å². The van der Waals surface area contributed by atoms with Crippen LogP contribution in [0.15, 0.2) is 71.7 Å². The number of rotatable bonds is 4. The summed E-state index contributed by atoms with van der Waals surface area (Å²) in [5, 5.41) is 2.72. The summed E-state index contributed by atoms with van der Waals surface area (Å²) in [6.07, 6.45) is 1.56. The molecule has 29 heavy (non-hydrogen) atoms. The van der Waals surface area contributed by atoms with Crippen LogP contribution in [0.3, 0.4) is 0 Å². The molecule has 5 nitrogen and oxygen atoms in total. The molecule has 1 aliphatic rings. The molecule has 1 amide bonds. The first-order valence-electron chi connectivity index (χ1n) is 9.49. The van der Waals surface area contributed by atoms with Gasteiger partial charge in [0, 0.05) is 37.2 Å². The number of fused-ring (bicyclic) bond motifs is 3. The topological polar surface area (TPSA) is 71.2 Å². The second-order valence-corrected chi connectivity index (χ2v) is 6.74. The van der Waals surface area contributed by atoms with Crippen molar-refractivity contribution in [1.29, 1.82) is 0 Å². The quantitative estimate of drug-likeness (QED) is 0.533. The molecule has 0 atom stereocenters. The first-order valence-corrected chi connectivity index (χ1v) is 9.49. The van der Waals surface area contributed by atoms with Gasteiger partial charge in [-0.15, -0.1) is 0 Å². The molecule has 0 saturated heterocycles. The van der Waals surface area contributed by atoms with E-state index >= 15 is 0 Å². The molecule has 0 radical (unpaired) electrons. The van der Waals surface area contributed by atoms with Crippen LogP contribution in [0.1, 0.15) is 29.2 Å². The molecule has 0 bridgehead atoms. The lowest BCUT2D eigenvalue weighted by Gasteiger charge is -2.14. The van der Waals surface area contributed by atoms with Crippen LogP contribution in [0.4, 0.5) is 4.79 Å². The van der Waals surface area contributed by atoms with Crippen molar-refractivity contribution >= 4 is 6.09 Å². The van der Waals surface area contributed by atoms with Gasteiger partial charge >= 0.3 is 6.09 Å². The van der Waals surface area contributed by atoms with Crippen LogP contribution in [0.5, 0.6) is 0 Å². The van der Waals surface area contributed by atoms with E-state index in [1.807, 2.05) is 24.3 Å². The monoisotopic (exact) mass is 384 g/mol. The zero-order valence-corrected chi connectivity index (χ0v) is 15.8. The van der Waals surface area contributed by atoms with Gasteiger partial charge < -0.3 is 15.0 Å². The molecule has 2 N–H and O–H groups in total. The number of carbonyl (C=O) groups excluding carboxylic acids is 1. The number of aromatic amines is 1. The van der Waals surface area contributed by atoms with Gasteiger partial charge in [-0.3, -0.25) is 4.79 Å². The van der Waals surface area contributed by atoms with Gasteiger partial charge in [0.05, 0.1) is 5.69 Å². The summed E-state index contributed by atoms with van der Waals surface area (Å²) in [5.41, 5.74) is 5.23. The van der Waals surface area contributed by atoms with E-state index in [-0.39, 0.29) is 18.0 Å². The summed E-state index contributed by atoms with van der Waals surface area (Å²) in [5.74, 6) is 5.82. The summed E-state index contributed by atoms with van der Waals surface area (Å²) >= 11 is 0. The second-order valence-electron chi connectivity index (χ2n) is 6.74. The predicted molar refractivity (Wildman–Crippen MR) is 112 cm³/mol. The van der Waals surface area contributed by atoms with E-state index in [1.54, 1.807) is 6.20 Å². The summed E-state index contributed by atoms with van der Waals surface area (Å²) in [7, 11) is 0. The maximum absolute atomic E-state index is 12.1. The van der Waals surface area contributed by atoms with Crippen molar-refractivity contribution < 1.29 is 9.53 Å². The maximum atomic E-state index is 12.1. The summed E-state index contributed by atoms with van der Waals surface area (Å²) in [6.45, 7) is 0.664. The highest BCUT2D eigenvalue weighted by Crippen LogP contribution is 2.44. The average molecular weight is 384 g/mol. The van der Waals surface area contributed by atoms with Gasteiger partial charge in [-0.25, -0.2) is 4.79 Å². The van der Waals surface area contributed by atoms with Crippen LogP contribution in [0.2, 0.25) is 0 Å². The van der Waals surface area contributed by atoms with Gasteiger partial charge in [-0.05, 0) is 28.2 Å². The van der Waals surface area contributed by atoms with Crippen LogP contribution in [0, 0.1) is 11.8 Å². The molecule has 0 aliphatic heterocycles. The number of amides is 1. The van der Waals surface area contributed by atoms with Crippen molar-refractivity contribution in [1.82, 2.24) is 10.3 Å². The van der Waals surface area contributed by atoms with Crippen LogP contribution in [-0.4, -0.2) is 24.2 Å². The van der Waals surface area contributed by atoms with Crippen molar-refractivity contribution in [2.24, 2.45) is 0 Å². The van der Waals surface area contributed by atoms with Crippen LogP contribution in [0.25, 0.3) is 11.1 Å². The first-order chi connectivity index (χ1) is 14.2. The van der Waals surface area contributed by atoms with Crippen LogP contribution < -0.4 is 10.7 Å². The Morgan fingerprint density at radius 3 is 2.41 bits per heavy atom. The maximum Gasteiger partial charge on any atom is 0.407 e. The van der Waals surface area contributed by atoms with E-state index < -0.39 is 6.09 Å². The Kier molecular flexibility index (Phi) is 5.44. The standard InChI is InChI=1S/C24H20N2O3/c27-18-12-14-25-17(15-18)7-5-6-13-26-24(28)29-16-23-21-10-3-1-8-19(21)20-9-2-4-11-22(20)23/h1-4,8-12,14-15,23H,6,13,16H2,(H,25,27)(H,26,28). The van der Waals surface area contributed by atoms with Crippen molar-refractivity contribution in [2.75, 3.05) is 13.2 Å². The first kappa shape index (κ1) is 18.6. The fourth-order valence-corrected chi connectivity index (χ4v) is 3.55. The number of pyridine rings is 1. The van der Waals surface area contributed by atoms with E-state index in [9.17, 15) is 9.59 Å². The lowest BCUT2D eigenvalue weighted by Crippen LogP contribution is -2.26. The molecule has 5 heteroatoms. The summed E-state index contributed by atoms with van der Waals surface area (Å²) in [6, 6.07) is 19.3.